The average Bonchev–Trinajstić information content (AvgIpc) is 2.18. The van der Waals surface area contributed by atoms with Gasteiger partial charge in [0.25, 0.3) is 0 Å². The minimum Gasteiger partial charge on any atom is -0.508 e. The van der Waals surface area contributed by atoms with Crippen LogP contribution in [0.25, 0.3) is 0 Å². The van der Waals surface area contributed by atoms with Crippen molar-refractivity contribution in [2.45, 2.75) is 25.9 Å². The molecular weight excluding hydrogens is 180 g/mol. The second kappa shape index (κ2) is 4.77. The highest BCUT2D eigenvalue weighted by Crippen LogP contribution is 2.12. The fraction of sp³-hybridized carbons (Fsp3) is 0.364. The Labute approximate surface area is 83.0 Å². The number of ketones is 1. The summed E-state index contributed by atoms with van der Waals surface area (Å²) in [5.74, 6) is -0.168. The van der Waals surface area contributed by atoms with Crippen molar-refractivity contribution in [2.24, 2.45) is 0 Å². The van der Waals surface area contributed by atoms with Crippen molar-refractivity contribution in [3.05, 3.63) is 29.8 Å². The minimum atomic E-state index is -0.926. The lowest BCUT2D eigenvalue weighted by Crippen LogP contribution is -2.19. The third kappa shape index (κ3) is 2.57. The van der Waals surface area contributed by atoms with E-state index in [0.717, 1.165) is 6.42 Å². The number of Topliss-reactive ketones (excluding diaryl/α,β-unsaturated/α-hetero) is 1. The zero-order valence-corrected chi connectivity index (χ0v) is 8.10. The molecule has 0 bridgehead atoms. The Balaban J connectivity index is 2.74. The maximum Gasteiger partial charge on any atom is 0.191 e. The van der Waals surface area contributed by atoms with E-state index in [2.05, 4.69) is 0 Å². The number of hydrogen-bond acceptors (Lipinski definition) is 3. The fourth-order valence-electron chi connectivity index (χ4n) is 1.22. The molecule has 0 saturated carbocycles. The van der Waals surface area contributed by atoms with Gasteiger partial charge in [0.15, 0.2) is 5.78 Å². The van der Waals surface area contributed by atoms with Gasteiger partial charge in [0.05, 0.1) is 0 Å². The van der Waals surface area contributed by atoms with E-state index in [1.807, 2.05) is 6.92 Å². The molecule has 0 aromatic heterocycles. The van der Waals surface area contributed by atoms with Crippen LogP contribution in [0.4, 0.5) is 0 Å². The molecule has 0 spiro atoms. The number of rotatable bonds is 4. The molecule has 3 heteroatoms. The maximum absolute atomic E-state index is 11.5. The summed E-state index contributed by atoms with van der Waals surface area (Å²) in [5.41, 5.74) is 0.434. The van der Waals surface area contributed by atoms with Crippen molar-refractivity contribution < 1.29 is 15.0 Å². The Hall–Kier alpha value is -1.35. The molecule has 0 radical (unpaired) electrons. The lowest BCUT2D eigenvalue weighted by molar-refractivity contribution is 0.0729. The van der Waals surface area contributed by atoms with Crippen molar-refractivity contribution in [3.8, 4) is 5.75 Å². The van der Waals surface area contributed by atoms with Gasteiger partial charge in [-0.25, -0.2) is 0 Å². The third-order valence-corrected chi connectivity index (χ3v) is 2.02. The Morgan fingerprint density at radius 3 is 2.43 bits per heavy atom. The summed E-state index contributed by atoms with van der Waals surface area (Å²) in [4.78, 5) is 11.5. The van der Waals surface area contributed by atoms with Gasteiger partial charge in [-0.3, -0.25) is 4.79 Å². The number of hydrogen-bond donors (Lipinski definition) is 2. The molecular formula is C11H14O3. The quantitative estimate of drug-likeness (QED) is 0.718. The first-order chi connectivity index (χ1) is 6.65. The zero-order chi connectivity index (χ0) is 10.6. The van der Waals surface area contributed by atoms with Crippen LogP contribution in [-0.2, 0) is 0 Å². The molecule has 1 unspecified atom stereocenters. The summed E-state index contributed by atoms with van der Waals surface area (Å²) in [5, 5.41) is 18.4. The number of aliphatic hydroxyl groups excluding tert-OH is 1. The predicted octanol–water partition coefficient (Wildman–Crippen LogP) is 1.74. The zero-order valence-electron chi connectivity index (χ0n) is 8.10. The van der Waals surface area contributed by atoms with Crippen molar-refractivity contribution >= 4 is 5.78 Å². The van der Waals surface area contributed by atoms with E-state index < -0.39 is 6.10 Å². The van der Waals surface area contributed by atoms with Crippen LogP contribution in [0.5, 0.6) is 5.75 Å². The number of benzene rings is 1. The average molecular weight is 194 g/mol. The largest absolute Gasteiger partial charge is 0.508 e. The SMILES string of the molecule is CCCC(O)C(=O)c1ccc(O)cc1. The van der Waals surface area contributed by atoms with Gasteiger partial charge in [0.2, 0.25) is 0 Å². The number of aliphatic hydroxyl groups is 1. The summed E-state index contributed by atoms with van der Waals surface area (Å²) in [6.07, 6.45) is 0.314. The van der Waals surface area contributed by atoms with Gasteiger partial charge in [0, 0.05) is 5.56 Å². The Morgan fingerprint density at radius 1 is 1.36 bits per heavy atom. The van der Waals surface area contributed by atoms with Crippen LogP contribution in [0.2, 0.25) is 0 Å². The molecule has 2 N–H and O–H groups in total. The molecule has 0 aliphatic heterocycles. The van der Waals surface area contributed by atoms with Gasteiger partial charge in [-0.2, -0.15) is 0 Å². The van der Waals surface area contributed by atoms with E-state index >= 15 is 0 Å². The van der Waals surface area contributed by atoms with E-state index in [-0.39, 0.29) is 11.5 Å². The lowest BCUT2D eigenvalue weighted by atomic mass is 10.0. The molecule has 76 valence electrons. The molecule has 0 saturated heterocycles. The molecule has 0 heterocycles. The second-order valence-corrected chi connectivity index (χ2v) is 3.22. The lowest BCUT2D eigenvalue weighted by Gasteiger charge is -2.07. The van der Waals surface area contributed by atoms with Gasteiger partial charge >= 0.3 is 0 Å². The van der Waals surface area contributed by atoms with Gasteiger partial charge in [-0.05, 0) is 30.7 Å². The van der Waals surface area contributed by atoms with Crippen LogP contribution in [0, 0.1) is 0 Å². The van der Waals surface area contributed by atoms with Gasteiger partial charge in [-0.15, -0.1) is 0 Å². The van der Waals surface area contributed by atoms with Gasteiger partial charge < -0.3 is 10.2 Å². The topological polar surface area (TPSA) is 57.5 Å². The summed E-state index contributed by atoms with van der Waals surface area (Å²) in [7, 11) is 0. The molecule has 0 aliphatic rings. The monoisotopic (exact) mass is 194 g/mol. The van der Waals surface area contributed by atoms with Crippen molar-refractivity contribution in [1.29, 1.82) is 0 Å². The summed E-state index contributed by atoms with van der Waals surface area (Å²) >= 11 is 0. The van der Waals surface area contributed by atoms with Crippen LogP contribution >= 0.6 is 0 Å². The third-order valence-electron chi connectivity index (χ3n) is 2.02. The first-order valence-electron chi connectivity index (χ1n) is 4.66. The van der Waals surface area contributed by atoms with Gasteiger partial charge in [0.1, 0.15) is 11.9 Å². The normalized spacial score (nSPS) is 12.4. The molecule has 1 aromatic rings. The first kappa shape index (κ1) is 10.7. The highest BCUT2D eigenvalue weighted by Gasteiger charge is 2.15. The smallest absolute Gasteiger partial charge is 0.191 e. The summed E-state index contributed by atoms with van der Waals surface area (Å²) in [6.45, 7) is 1.91. The van der Waals surface area contributed by atoms with Crippen LogP contribution in [0.1, 0.15) is 30.1 Å². The Kier molecular flexibility index (Phi) is 3.65. The Morgan fingerprint density at radius 2 is 1.93 bits per heavy atom. The molecule has 0 fully saturated rings. The summed E-state index contributed by atoms with van der Waals surface area (Å²) in [6, 6.07) is 5.89. The maximum atomic E-state index is 11.5. The highest BCUT2D eigenvalue weighted by atomic mass is 16.3. The van der Waals surface area contributed by atoms with Gasteiger partial charge in [-0.1, -0.05) is 13.3 Å². The fourth-order valence-corrected chi connectivity index (χ4v) is 1.22. The Bertz CT molecular complexity index is 303. The number of phenolic OH excluding ortho intramolecular Hbond substituents is 1. The molecule has 3 nitrogen and oxygen atoms in total. The van der Waals surface area contributed by atoms with E-state index in [1.165, 1.54) is 24.3 Å². The van der Waals surface area contributed by atoms with Crippen LogP contribution in [0.3, 0.4) is 0 Å². The molecule has 1 rings (SSSR count). The minimum absolute atomic E-state index is 0.117. The number of aromatic hydroxyl groups is 1. The van der Waals surface area contributed by atoms with Crippen molar-refractivity contribution in [1.82, 2.24) is 0 Å². The van der Waals surface area contributed by atoms with Crippen LogP contribution in [-0.4, -0.2) is 22.1 Å². The molecule has 0 amide bonds. The number of carbonyl (C=O) groups excluding carboxylic acids is 1. The predicted molar refractivity (Wildman–Crippen MR) is 53.4 cm³/mol. The number of carbonyl (C=O) groups is 1. The van der Waals surface area contributed by atoms with Crippen LogP contribution < -0.4 is 0 Å². The van der Waals surface area contributed by atoms with E-state index in [1.54, 1.807) is 0 Å². The molecule has 1 aromatic carbocycles. The van der Waals surface area contributed by atoms with Crippen LogP contribution in [0.15, 0.2) is 24.3 Å². The number of phenols is 1. The molecule has 1 atom stereocenters. The van der Waals surface area contributed by atoms with Crippen molar-refractivity contribution in [2.75, 3.05) is 0 Å². The first-order valence-corrected chi connectivity index (χ1v) is 4.66. The molecule has 14 heavy (non-hydrogen) atoms. The molecule has 0 aliphatic carbocycles. The highest BCUT2D eigenvalue weighted by molar-refractivity contribution is 5.99. The van der Waals surface area contributed by atoms with Crippen molar-refractivity contribution in [3.63, 3.8) is 0 Å². The van der Waals surface area contributed by atoms with E-state index in [0.29, 0.717) is 12.0 Å². The van der Waals surface area contributed by atoms with E-state index in [9.17, 15) is 9.90 Å². The summed E-state index contributed by atoms with van der Waals surface area (Å²) < 4.78 is 0. The standard InChI is InChI=1S/C11H14O3/c1-2-3-10(13)11(14)8-4-6-9(12)7-5-8/h4-7,10,12-13H,2-3H2,1H3. The van der Waals surface area contributed by atoms with E-state index in [4.69, 9.17) is 5.11 Å². The second-order valence-electron chi connectivity index (χ2n) is 3.22.